The lowest BCUT2D eigenvalue weighted by Gasteiger charge is -2.11. The number of ether oxygens (including phenoxy) is 1. The Morgan fingerprint density at radius 3 is 2.95 bits per heavy atom. The van der Waals surface area contributed by atoms with Gasteiger partial charge in [0.25, 0.3) is 5.22 Å². The molecule has 1 aliphatic rings. The molecule has 0 aromatic carbocycles. The fourth-order valence-electron chi connectivity index (χ4n) is 2.00. The van der Waals surface area contributed by atoms with Crippen LogP contribution in [0.5, 0.6) is 0 Å². The molecule has 2 heterocycles. The van der Waals surface area contributed by atoms with E-state index in [-0.39, 0.29) is 5.91 Å². The topological polar surface area (TPSA) is 68.5 Å². The van der Waals surface area contributed by atoms with Crippen molar-refractivity contribution in [2.24, 2.45) is 5.92 Å². The summed E-state index contributed by atoms with van der Waals surface area (Å²) in [4.78, 5) is 13.3. The predicted octanol–water partition coefficient (Wildman–Crippen LogP) is 2.35. The minimum atomic E-state index is 0.168. The van der Waals surface area contributed by atoms with Crippen LogP contribution in [-0.2, 0) is 16.1 Å². The van der Waals surface area contributed by atoms with Gasteiger partial charge in [-0.05, 0) is 18.8 Å². The molecule has 1 amide bonds. The number of hydrogen-bond donors (Lipinski definition) is 0. The minimum Gasteiger partial charge on any atom is -0.414 e. The monoisotopic (exact) mass is 313 g/mol. The fourth-order valence-corrected chi connectivity index (χ4v) is 2.63. The summed E-state index contributed by atoms with van der Waals surface area (Å²) in [6.45, 7) is 7.06. The zero-order valence-electron chi connectivity index (χ0n) is 12.7. The van der Waals surface area contributed by atoms with Crippen LogP contribution < -0.4 is 0 Å². The van der Waals surface area contributed by atoms with Gasteiger partial charge in [0.05, 0.1) is 13.2 Å². The van der Waals surface area contributed by atoms with E-state index in [1.165, 1.54) is 11.8 Å². The van der Waals surface area contributed by atoms with Gasteiger partial charge in [0.1, 0.15) is 0 Å². The summed E-state index contributed by atoms with van der Waals surface area (Å²) in [6, 6.07) is 0. The van der Waals surface area contributed by atoms with Gasteiger partial charge in [-0.1, -0.05) is 25.6 Å². The smallest absolute Gasteiger partial charge is 0.276 e. The van der Waals surface area contributed by atoms with Gasteiger partial charge >= 0.3 is 0 Å². The Hall–Kier alpha value is -1.08. The molecule has 0 radical (unpaired) electrons. The van der Waals surface area contributed by atoms with Crippen molar-refractivity contribution < 1.29 is 13.9 Å². The average molecular weight is 313 g/mol. The van der Waals surface area contributed by atoms with Gasteiger partial charge in [-0.3, -0.25) is 4.79 Å². The van der Waals surface area contributed by atoms with Gasteiger partial charge in [-0.25, -0.2) is 0 Å². The quantitative estimate of drug-likeness (QED) is 0.515. The molecule has 21 heavy (non-hydrogen) atoms. The summed E-state index contributed by atoms with van der Waals surface area (Å²) < 4.78 is 11.1. The third-order valence-electron chi connectivity index (χ3n) is 3.24. The molecule has 0 N–H and O–H groups in total. The van der Waals surface area contributed by atoms with Crippen molar-refractivity contribution in [3.05, 3.63) is 5.89 Å². The highest BCUT2D eigenvalue weighted by atomic mass is 32.2. The van der Waals surface area contributed by atoms with E-state index in [0.29, 0.717) is 36.6 Å². The Labute approximate surface area is 129 Å². The molecule has 0 unspecified atom stereocenters. The highest BCUT2D eigenvalue weighted by Crippen LogP contribution is 2.18. The van der Waals surface area contributed by atoms with Crippen LogP contribution in [0.15, 0.2) is 9.64 Å². The van der Waals surface area contributed by atoms with E-state index in [1.807, 2.05) is 0 Å². The molecule has 0 bridgehead atoms. The highest BCUT2D eigenvalue weighted by Gasteiger charge is 2.22. The number of nitrogens with zero attached hydrogens (tertiary/aromatic N) is 3. The van der Waals surface area contributed by atoms with E-state index >= 15 is 0 Å². The molecule has 1 aliphatic heterocycles. The first-order chi connectivity index (χ1) is 10.1. The first kappa shape index (κ1) is 16.3. The van der Waals surface area contributed by atoms with Crippen molar-refractivity contribution in [3.8, 4) is 0 Å². The van der Waals surface area contributed by atoms with E-state index in [2.05, 4.69) is 24.0 Å². The number of amides is 1. The Bertz CT molecular complexity index is 450. The number of aromatic nitrogens is 2. The second-order valence-corrected chi connectivity index (χ2v) is 6.57. The molecule has 1 saturated heterocycles. The average Bonchev–Trinajstić information content (AvgIpc) is 3.04. The molecule has 0 spiro atoms. The lowest BCUT2D eigenvalue weighted by molar-refractivity contribution is -0.128. The van der Waals surface area contributed by atoms with Crippen LogP contribution >= 0.6 is 11.8 Å². The second kappa shape index (κ2) is 8.38. The fraction of sp³-hybridized carbons (Fsp3) is 0.786. The van der Waals surface area contributed by atoms with Crippen molar-refractivity contribution in [3.63, 3.8) is 0 Å². The van der Waals surface area contributed by atoms with E-state index in [1.54, 1.807) is 4.90 Å². The van der Waals surface area contributed by atoms with Gasteiger partial charge in [0.15, 0.2) is 0 Å². The summed E-state index contributed by atoms with van der Waals surface area (Å²) in [5.74, 6) is 2.14. The van der Waals surface area contributed by atoms with Crippen molar-refractivity contribution in [1.29, 1.82) is 0 Å². The zero-order chi connectivity index (χ0) is 15.1. The molecule has 0 saturated carbocycles. The summed E-state index contributed by atoms with van der Waals surface area (Å²) in [5.41, 5.74) is 0. The summed E-state index contributed by atoms with van der Waals surface area (Å²) in [5, 5.41) is 8.51. The number of carbonyl (C=O) groups excluding carboxylic acids is 1. The van der Waals surface area contributed by atoms with Crippen LogP contribution in [-0.4, -0.2) is 46.5 Å². The van der Waals surface area contributed by atoms with E-state index in [9.17, 15) is 4.79 Å². The maximum Gasteiger partial charge on any atom is 0.276 e. The van der Waals surface area contributed by atoms with Crippen molar-refractivity contribution >= 4 is 17.7 Å². The van der Waals surface area contributed by atoms with Crippen molar-refractivity contribution in [2.75, 3.05) is 25.5 Å². The van der Waals surface area contributed by atoms with Gasteiger partial charge in [0, 0.05) is 25.3 Å². The maximum atomic E-state index is 11.5. The second-order valence-electron chi connectivity index (χ2n) is 5.52. The first-order valence-electron chi connectivity index (χ1n) is 7.46. The van der Waals surface area contributed by atoms with Gasteiger partial charge in [0.2, 0.25) is 11.8 Å². The van der Waals surface area contributed by atoms with Crippen LogP contribution in [0.2, 0.25) is 0 Å². The van der Waals surface area contributed by atoms with Gasteiger partial charge in [-0.2, -0.15) is 0 Å². The molecule has 1 fully saturated rings. The number of hydrogen-bond acceptors (Lipinski definition) is 6. The molecule has 0 atom stereocenters. The molecule has 1 aromatic heterocycles. The largest absolute Gasteiger partial charge is 0.414 e. The lowest BCUT2D eigenvalue weighted by atomic mass is 10.1. The standard InChI is InChI=1S/C14H23N3O3S/c1-11(2)5-7-19-8-9-21-14-16-15-12(20-14)10-17-6-3-4-13(17)18/h11H,3-10H2,1-2H3. The molecular weight excluding hydrogens is 290 g/mol. The Morgan fingerprint density at radius 1 is 1.38 bits per heavy atom. The molecule has 1 aromatic rings. The molecule has 2 rings (SSSR count). The molecule has 6 nitrogen and oxygen atoms in total. The van der Waals surface area contributed by atoms with Gasteiger partial charge < -0.3 is 14.1 Å². The van der Waals surface area contributed by atoms with Crippen LogP contribution in [0, 0.1) is 5.92 Å². The number of thioether (sulfide) groups is 1. The summed E-state index contributed by atoms with van der Waals surface area (Å²) >= 11 is 1.49. The van der Waals surface area contributed by atoms with E-state index in [4.69, 9.17) is 9.15 Å². The zero-order valence-corrected chi connectivity index (χ0v) is 13.5. The lowest BCUT2D eigenvalue weighted by Crippen LogP contribution is -2.23. The number of carbonyl (C=O) groups is 1. The molecular formula is C14H23N3O3S. The Kier molecular flexibility index (Phi) is 6.50. The third-order valence-corrected chi connectivity index (χ3v) is 4.02. The Balaban J connectivity index is 1.63. The van der Waals surface area contributed by atoms with Crippen LogP contribution in [0.3, 0.4) is 0 Å². The van der Waals surface area contributed by atoms with Crippen LogP contribution in [0.1, 0.15) is 39.0 Å². The maximum absolute atomic E-state index is 11.5. The van der Waals surface area contributed by atoms with Crippen LogP contribution in [0.4, 0.5) is 0 Å². The van der Waals surface area contributed by atoms with Crippen molar-refractivity contribution in [1.82, 2.24) is 15.1 Å². The summed E-state index contributed by atoms with van der Waals surface area (Å²) in [7, 11) is 0. The summed E-state index contributed by atoms with van der Waals surface area (Å²) in [6.07, 6.45) is 2.63. The Morgan fingerprint density at radius 2 is 2.24 bits per heavy atom. The molecule has 118 valence electrons. The first-order valence-corrected chi connectivity index (χ1v) is 8.44. The van der Waals surface area contributed by atoms with Gasteiger partial charge in [-0.15, -0.1) is 10.2 Å². The number of likely N-dealkylation sites (tertiary alicyclic amines) is 1. The minimum absolute atomic E-state index is 0.168. The van der Waals surface area contributed by atoms with Crippen LogP contribution in [0.25, 0.3) is 0 Å². The van der Waals surface area contributed by atoms with Crippen molar-refractivity contribution in [2.45, 2.75) is 44.9 Å². The highest BCUT2D eigenvalue weighted by molar-refractivity contribution is 7.99. The normalized spacial score (nSPS) is 15.4. The molecule has 7 heteroatoms. The third kappa shape index (κ3) is 5.67. The predicted molar refractivity (Wildman–Crippen MR) is 79.9 cm³/mol. The SMILES string of the molecule is CC(C)CCOCCSc1nnc(CN2CCCC2=O)o1. The van der Waals surface area contributed by atoms with E-state index < -0.39 is 0 Å². The molecule has 0 aliphatic carbocycles. The van der Waals surface area contributed by atoms with E-state index in [0.717, 1.165) is 31.7 Å². The number of rotatable bonds is 9.